The highest BCUT2D eigenvalue weighted by molar-refractivity contribution is 5.80. The van der Waals surface area contributed by atoms with Crippen LogP contribution in [-0.2, 0) is 11.3 Å². The number of hydrogen-bond donors (Lipinski definition) is 0. The molecular weight excluding hydrogens is 236 g/mol. The van der Waals surface area contributed by atoms with Crippen molar-refractivity contribution in [2.24, 2.45) is 0 Å². The number of Topliss-reactive ketones (excluding diaryl/α,β-unsaturated/α-hetero) is 1. The molecule has 2 saturated heterocycles. The minimum Gasteiger partial charge on any atom is -0.300 e. The maximum Gasteiger partial charge on any atom is 0.136 e. The summed E-state index contributed by atoms with van der Waals surface area (Å²) in [5.74, 6) is 0.436. The average molecular weight is 254 g/mol. The zero-order chi connectivity index (χ0) is 13.2. The third-order valence-corrected chi connectivity index (χ3v) is 4.39. The number of nitrogens with zero attached hydrogens (tertiary/aromatic N) is 2. The van der Waals surface area contributed by atoms with E-state index in [1.54, 1.807) is 0 Å². The summed E-state index contributed by atoms with van der Waals surface area (Å²) in [5.41, 5.74) is 1.95. The molecule has 1 aromatic carbocycles. The van der Waals surface area contributed by atoms with Gasteiger partial charge in [-0.15, -0.1) is 0 Å². The first-order chi connectivity index (χ1) is 9.26. The quantitative estimate of drug-likeness (QED) is 0.815. The maximum absolute atomic E-state index is 11.7. The van der Waals surface area contributed by atoms with Gasteiger partial charge in [0.05, 0.1) is 11.6 Å². The molecule has 2 heterocycles. The van der Waals surface area contributed by atoms with Gasteiger partial charge in [-0.25, -0.2) is 0 Å². The molecule has 0 saturated carbocycles. The van der Waals surface area contributed by atoms with Crippen molar-refractivity contribution in [1.29, 1.82) is 5.26 Å². The minimum atomic E-state index is 0.436. The monoisotopic (exact) mass is 254 g/mol. The van der Waals surface area contributed by atoms with Crippen LogP contribution in [0.1, 0.15) is 43.2 Å². The van der Waals surface area contributed by atoms with E-state index in [2.05, 4.69) is 11.0 Å². The van der Waals surface area contributed by atoms with Crippen molar-refractivity contribution in [1.82, 2.24) is 4.90 Å². The number of rotatable bonds is 2. The van der Waals surface area contributed by atoms with Gasteiger partial charge in [-0.3, -0.25) is 9.69 Å². The van der Waals surface area contributed by atoms with E-state index in [0.717, 1.165) is 32.2 Å². The van der Waals surface area contributed by atoms with E-state index < -0.39 is 0 Å². The first-order valence-electron chi connectivity index (χ1n) is 7.03. The standard InChI is InChI=1S/C16H18N2O/c17-10-12-4-6-13(7-5-12)11-18-14-2-1-3-15(18)9-16(19)8-14/h4-7,14-15H,1-3,8-9,11H2. The topological polar surface area (TPSA) is 44.1 Å². The predicted molar refractivity (Wildman–Crippen MR) is 72.4 cm³/mol. The Balaban J connectivity index is 1.75. The van der Waals surface area contributed by atoms with E-state index in [1.807, 2.05) is 24.3 Å². The van der Waals surface area contributed by atoms with Crippen LogP contribution in [0.3, 0.4) is 0 Å². The number of carbonyl (C=O) groups is 1. The van der Waals surface area contributed by atoms with Gasteiger partial charge < -0.3 is 0 Å². The predicted octanol–water partition coefficient (Wildman–Crippen LogP) is 2.64. The maximum atomic E-state index is 11.7. The summed E-state index contributed by atoms with van der Waals surface area (Å²) < 4.78 is 0. The van der Waals surface area contributed by atoms with Crippen LogP contribution in [-0.4, -0.2) is 22.8 Å². The van der Waals surface area contributed by atoms with Gasteiger partial charge in [-0.05, 0) is 30.5 Å². The highest BCUT2D eigenvalue weighted by atomic mass is 16.1. The van der Waals surface area contributed by atoms with Gasteiger partial charge in [0.1, 0.15) is 5.78 Å². The van der Waals surface area contributed by atoms with Gasteiger partial charge in [0, 0.05) is 31.5 Å². The Morgan fingerprint density at radius 3 is 2.37 bits per heavy atom. The van der Waals surface area contributed by atoms with Crippen molar-refractivity contribution in [2.45, 2.75) is 50.7 Å². The Morgan fingerprint density at radius 1 is 1.16 bits per heavy atom. The minimum absolute atomic E-state index is 0.436. The summed E-state index contributed by atoms with van der Waals surface area (Å²) >= 11 is 0. The van der Waals surface area contributed by atoms with E-state index in [0.29, 0.717) is 23.4 Å². The fourth-order valence-electron chi connectivity index (χ4n) is 3.42. The summed E-state index contributed by atoms with van der Waals surface area (Å²) in [6, 6.07) is 10.8. The first-order valence-corrected chi connectivity index (χ1v) is 7.03. The first kappa shape index (κ1) is 12.4. The highest BCUT2D eigenvalue weighted by Gasteiger charge is 2.37. The van der Waals surface area contributed by atoms with Crippen LogP contribution in [0.4, 0.5) is 0 Å². The zero-order valence-corrected chi connectivity index (χ0v) is 11.0. The summed E-state index contributed by atoms with van der Waals surface area (Å²) in [4.78, 5) is 14.2. The van der Waals surface area contributed by atoms with Gasteiger partial charge in [0.2, 0.25) is 0 Å². The molecule has 19 heavy (non-hydrogen) atoms. The van der Waals surface area contributed by atoms with E-state index >= 15 is 0 Å². The molecule has 2 aliphatic rings. The molecule has 0 N–H and O–H groups in total. The Kier molecular flexibility index (Phi) is 3.35. The Labute approximate surface area is 113 Å². The SMILES string of the molecule is N#Cc1ccc(CN2C3CCCC2CC(=O)C3)cc1. The number of piperidine rings is 2. The molecule has 0 spiro atoms. The van der Waals surface area contributed by atoms with Crippen LogP contribution in [0.2, 0.25) is 0 Å². The lowest BCUT2D eigenvalue weighted by Gasteiger charge is -2.45. The Morgan fingerprint density at radius 2 is 1.79 bits per heavy atom. The molecule has 0 aromatic heterocycles. The Bertz CT molecular complexity index is 499. The van der Waals surface area contributed by atoms with Crippen molar-refractivity contribution in [3.8, 4) is 6.07 Å². The molecule has 0 radical (unpaired) electrons. The number of ketones is 1. The fourth-order valence-corrected chi connectivity index (χ4v) is 3.42. The van der Waals surface area contributed by atoms with Crippen molar-refractivity contribution >= 4 is 5.78 Å². The summed E-state index contributed by atoms with van der Waals surface area (Å²) in [5, 5.41) is 8.81. The summed E-state index contributed by atoms with van der Waals surface area (Å²) in [6.07, 6.45) is 5.02. The second-order valence-electron chi connectivity index (χ2n) is 5.67. The lowest BCUT2D eigenvalue weighted by Crippen LogP contribution is -2.51. The number of nitriles is 1. The van der Waals surface area contributed by atoms with Gasteiger partial charge in [0.25, 0.3) is 0 Å². The number of benzene rings is 1. The highest BCUT2D eigenvalue weighted by Crippen LogP contribution is 2.33. The largest absolute Gasteiger partial charge is 0.300 e. The molecule has 2 fully saturated rings. The molecule has 2 unspecified atom stereocenters. The fraction of sp³-hybridized carbons (Fsp3) is 0.500. The molecule has 3 rings (SSSR count). The van der Waals surface area contributed by atoms with E-state index in [4.69, 9.17) is 5.26 Å². The molecule has 0 amide bonds. The molecule has 2 atom stereocenters. The number of fused-ring (bicyclic) bond motifs is 2. The molecule has 2 bridgehead atoms. The van der Waals surface area contributed by atoms with E-state index in [1.165, 1.54) is 12.0 Å². The molecule has 98 valence electrons. The zero-order valence-electron chi connectivity index (χ0n) is 11.0. The molecule has 3 heteroatoms. The van der Waals surface area contributed by atoms with Gasteiger partial charge in [-0.2, -0.15) is 5.26 Å². The molecule has 0 aliphatic carbocycles. The van der Waals surface area contributed by atoms with Crippen LogP contribution < -0.4 is 0 Å². The van der Waals surface area contributed by atoms with Crippen LogP contribution in [0.15, 0.2) is 24.3 Å². The average Bonchev–Trinajstić information content (AvgIpc) is 2.41. The third-order valence-electron chi connectivity index (χ3n) is 4.39. The lowest BCUT2D eigenvalue weighted by molar-refractivity contribution is -0.127. The lowest BCUT2D eigenvalue weighted by atomic mass is 9.83. The van der Waals surface area contributed by atoms with Crippen LogP contribution in [0.5, 0.6) is 0 Å². The van der Waals surface area contributed by atoms with Gasteiger partial charge in [-0.1, -0.05) is 18.6 Å². The second-order valence-corrected chi connectivity index (χ2v) is 5.67. The number of carbonyl (C=O) groups excluding carboxylic acids is 1. The molecule has 1 aromatic rings. The molecule has 3 nitrogen and oxygen atoms in total. The second kappa shape index (κ2) is 5.14. The third kappa shape index (κ3) is 2.54. The van der Waals surface area contributed by atoms with Gasteiger partial charge >= 0.3 is 0 Å². The number of hydrogen-bond acceptors (Lipinski definition) is 3. The Hall–Kier alpha value is -1.66. The van der Waals surface area contributed by atoms with E-state index in [9.17, 15) is 4.79 Å². The van der Waals surface area contributed by atoms with E-state index in [-0.39, 0.29) is 0 Å². The van der Waals surface area contributed by atoms with Crippen molar-refractivity contribution in [3.63, 3.8) is 0 Å². The van der Waals surface area contributed by atoms with Crippen molar-refractivity contribution in [3.05, 3.63) is 35.4 Å². The summed E-state index contributed by atoms with van der Waals surface area (Å²) in [6.45, 7) is 0.911. The van der Waals surface area contributed by atoms with Gasteiger partial charge in [0.15, 0.2) is 0 Å². The van der Waals surface area contributed by atoms with Crippen molar-refractivity contribution < 1.29 is 4.79 Å². The van der Waals surface area contributed by atoms with Crippen LogP contribution >= 0.6 is 0 Å². The molecule has 2 aliphatic heterocycles. The molecular formula is C16H18N2O. The van der Waals surface area contributed by atoms with Crippen molar-refractivity contribution in [2.75, 3.05) is 0 Å². The summed E-state index contributed by atoms with van der Waals surface area (Å²) in [7, 11) is 0. The normalized spacial score (nSPS) is 27.0. The smallest absolute Gasteiger partial charge is 0.136 e. The van der Waals surface area contributed by atoms with Crippen LogP contribution in [0.25, 0.3) is 0 Å². The van der Waals surface area contributed by atoms with Crippen LogP contribution in [0, 0.1) is 11.3 Å².